The minimum Gasteiger partial charge on any atom is -0.0560 e. The molecule has 0 N–H and O–H groups in total. The summed E-state index contributed by atoms with van der Waals surface area (Å²) < 4.78 is 0. The van der Waals surface area contributed by atoms with Gasteiger partial charge < -0.3 is 0 Å². The fraction of sp³-hybridized carbons (Fsp3) is 0.333. The Bertz CT molecular complexity index is 585. The summed E-state index contributed by atoms with van der Waals surface area (Å²) in [6.45, 7) is 13.2. The fourth-order valence-electron chi connectivity index (χ4n) is 2.26. The predicted octanol–water partition coefficient (Wildman–Crippen LogP) is 6.34. The van der Waals surface area contributed by atoms with E-state index in [0.29, 0.717) is 0 Å². The normalized spacial score (nSPS) is 10.9. The molecule has 0 aliphatic rings. The minimum absolute atomic E-state index is 1.34. The van der Waals surface area contributed by atoms with Gasteiger partial charge in [-0.1, -0.05) is 33.7 Å². The van der Waals surface area contributed by atoms with Gasteiger partial charge in [0.2, 0.25) is 0 Å². The number of aryl methyl sites for hydroxylation is 4. The van der Waals surface area contributed by atoms with E-state index < -0.39 is 0 Å². The van der Waals surface area contributed by atoms with E-state index >= 15 is 0 Å². The molecule has 0 atom stereocenters. The molecule has 2 aromatic carbocycles. The molecule has 0 aliphatic heterocycles. The van der Waals surface area contributed by atoms with Crippen LogP contribution >= 0.6 is 21.6 Å². The molecular formula is C18H22S2. The van der Waals surface area contributed by atoms with Gasteiger partial charge in [0.15, 0.2) is 0 Å². The third kappa shape index (κ3) is 3.42. The smallest absolute Gasteiger partial charge is 0.0220 e. The standard InChI is InChI=1S/C18H22S2/c1-11-7-13(3)15(5)17(9-11)19-20-18-10-12(2)8-14(4)16(18)6/h7-10H,1-6H3. The molecule has 0 radical (unpaired) electrons. The number of hydrogen-bond donors (Lipinski definition) is 0. The highest BCUT2D eigenvalue weighted by Gasteiger charge is 2.08. The van der Waals surface area contributed by atoms with E-state index in [-0.39, 0.29) is 0 Å². The summed E-state index contributed by atoms with van der Waals surface area (Å²) in [6.07, 6.45) is 0. The van der Waals surface area contributed by atoms with Crippen LogP contribution in [-0.4, -0.2) is 0 Å². The molecule has 0 bridgehead atoms. The minimum atomic E-state index is 1.34. The van der Waals surface area contributed by atoms with E-state index in [2.05, 4.69) is 65.8 Å². The third-order valence-corrected chi connectivity index (χ3v) is 6.37. The van der Waals surface area contributed by atoms with Gasteiger partial charge in [0, 0.05) is 9.79 Å². The van der Waals surface area contributed by atoms with Gasteiger partial charge in [-0.3, -0.25) is 0 Å². The topological polar surface area (TPSA) is 0 Å². The summed E-state index contributed by atoms with van der Waals surface area (Å²) in [5.74, 6) is 0. The Hall–Kier alpha value is -0.860. The first-order valence-corrected chi connectivity index (χ1v) is 9.03. The highest BCUT2D eigenvalue weighted by atomic mass is 33.1. The van der Waals surface area contributed by atoms with Crippen LogP contribution in [0, 0.1) is 41.5 Å². The van der Waals surface area contributed by atoms with E-state index in [4.69, 9.17) is 0 Å². The van der Waals surface area contributed by atoms with Gasteiger partial charge in [-0.2, -0.15) is 0 Å². The lowest BCUT2D eigenvalue weighted by Gasteiger charge is -2.12. The quantitative estimate of drug-likeness (QED) is 0.607. The van der Waals surface area contributed by atoms with Gasteiger partial charge in [-0.05, 0) is 87.1 Å². The Balaban J connectivity index is 2.26. The van der Waals surface area contributed by atoms with Crippen LogP contribution in [-0.2, 0) is 0 Å². The van der Waals surface area contributed by atoms with Crippen molar-refractivity contribution >= 4 is 21.6 Å². The van der Waals surface area contributed by atoms with Gasteiger partial charge in [-0.15, -0.1) is 0 Å². The summed E-state index contributed by atoms with van der Waals surface area (Å²) >= 11 is 0. The zero-order valence-corrected chi connectivity index (χ0v) is 14.8. The molecule has 0 heterocycles. The van der Waals surface area contributed by atoms with Crippen LogP contribution in [0.5, 0.6) is 0 Å². The lowest BCUT2D eigenvalue weighted by Crippen LogP contribution is -1.88. The first-order chi connectivity index (χ1) is 9.38. The van der Waals surface area contributed by atoms with Crippen LogP contribution in [0.15, 0.2) is 34.1 Å². The van der Waals surface area contributed by atoms with Crippen molar-refractivity contribution in [1.29, 1.82) is 0 Å². The highest BCUT2D eigenvalue weighted by molar-refractivity contribution is 8.76. The molecule has 0 amide bonds. The predicted molar refractivity (Wildman–Crippen MR) is 93.0 cm³/mol. The lowest BCUT2D eigenvalue weighted by atomic mass is 10.1. The van der Waals surface area contributed by atoms with Gasteiger partial charge in [0.05, 0.1) is 0 Å². The van der Waals surface area contributed by atoms with Crippen LogP contribution in [0.4, 0.5) is 0 Å². The molecule has 0 aliphatic carbocycles. The van der Waals surface area contributed by atoms with Crippen LogP contribution in [0.2, 0.25) is 0 Å². The van der Waals surface area contributed by atoms with E-state index in [1.165, 1.54) is 43.2 Å². The maximum absolute atomic E-state index is 2.29. The Morgan fingerprint density at radius 2 is 0.900 bits per heavy atom. The second-order valence-electron chi connectivity index (χ2n) is 5.58. The molecule has 106 valence electrons. The molecule has 0 nitrogen and oxygen atoms in total. The molecule has 0 aromatic heterocycles. The average molecular weight is 303 g/mol. The summed E-state index contributed by atoms with van der Waals surface area (Å²) in [7, 11) is 3.75. The van der Waals surface area contributed by atoms with Gasteiger partial charge in [0.25, 0.3) is 0 Å². The molecule has 0 unspecified atom stereocenters. The number of rotatable bonds is 3. The van der Waals surface area contributed by atoms with Crippen molar-refractivity contribution in [2.24, 2.45) is 0 Å². The van der Waals surface area contributed by atoms with Crippen LogP contribution in [0.3, 0.4) is 0 Å². The van der Waals surface area contributed by atoms with Crippen molar-refractivity contribution in [3.63, 3.8) is 0 Å². The van der Waals surface area contributed by atoms with Gasteiger partial charge in [-0.25, -0.2) is 0 Å². The highest BCUT2D eigenvalue weighted by Crippen LogP contribution is 2.42. The Labute approximate surface area is 130 Å². The van der Waals surface area contributed by atoms with Crippen molar-refractivity contribution in [2.75, 3.05) is 0 Å². The Morgan fingerprint density at radius 1 is 0.550 bits per heavy atom. The van der Waals surface area contributed by atoms with E-state index in [9.17, 15) is 0 Å². The maximum Gasteiger partial charge on any atom is 0.0220 e. The SMILES string of the molecule is Cc1cc(C)c(C)c(SSc2cc(C)cc(C)c2C)c1. The maximum atomic E-state index is 2.29. The summed E-state index contributed by atoms with van der Waals surface area (Å²) in [5.41, 5.74) is 8.24. The molecule has 0 saturated carbocycles. The molecular weight excluding hydrogens is 280 g/mol. The van der Waals surface area contributed by atoms with Crippen LogP contribution in [0.25, 0.3) is 0 Å². The van der Waals surface area contributed by atoms with Gasteiger partial charge >= 0.3 is 0 Å². The second kappa shape index (κ2) is 6.28. The second-order valence-corrected chi connectivity index (χ2v) is 7.79. The summed E-state index contributed by atoms with van der Waals surface area (Å²) in [5, 5.41) is 0. The van der Waals surface area contributed by atoms with Crippen molar-refractivity contribution in [3.05, 3.63) is 57.6 Å². The summed E-state index contributed by atoms with van der Waals surface area (Å²) in [4.78, 5) is 2.76. The average Bonchev–Trinajstić information content (AvgIpc) is 2.37. The summed E-state index contributed by atoms with van der Waals surface area (Å²) in [6, 6.07) is 9.09. The Morgan fingerprint density at radius 3 is 1.25 bits per heavy atom. The fourth-order valence-corrected chi connectivity index (χ4v) is 5.06. The van der Waals surface area contributed by atoms with E-state index in [0.717, 1.165) is 0 Å². The molecule has 2 heteroatoms. The van der Waals surface area contributed by atoms with Crippen molar-refractivity contribution in [3.8, 4) is 0 Å². The van der Waals surface area contributed by atoms with E-state index in [1.54, 1.807) is 0 Å². The van der Waals surface area contributed by atoms with Gasteiger partial charge in [0.1, 0.15) is 0 Å². The first kappa shape index (κ1) is 15.5. The lowest BCUT2D eigenvalue weighted by molar-refractivity contribution is 1.20. The number of hydrogen-bond acceptors (Lipinski definition) is 2. The molecule has 0 fully saturated rings. The number of benzene rings is 2. The van der Waals surface area contributed by atoms with Crippen LogP contribution < -0.4 is 0 Å². The third-order valence-electron chi connectivity index (χ3n) is 3.75. The van der Waals surface area contributed by atoms with E-state index in [1.807, 2.05) is 21.6 Å². The zero-order valence-electron chi connectivity index (χ0n) is 13.1. The van der Waals surface area contributed by atoms with Crippen molar-refractivity contribution in [2.45, 2.75) is 51.3 Å². The molecule has 0 saturated heterocycles. The van der Waals surface area contributed by atoms with Crippen molar-refractivity contribution in [1.82, 2.24) is 0 Å². The monoisotopic (exact) mass is 302 g/mol. The zero-order chi connectivity index (χ0) is 14.9. The molecule has 2 rings (SSSR count). The first-order valence-electron chi connectivity index (χ1n) is 6.88. The van der Waals surface area contributed by atoms with Crippen LogP contribution in [0.1, 0.15) is 33.4 Å². The largest absolute Gasteiger partial charge is 0.0560 e. The molecule has 2 aromatic rings. The Kier molecular flexibility index (Phi) is 4.87. The molecule has 20 heavy (non-hydrogen) atoms. The molecule has 0 spiro atoms. The van der Waals surface area contributed by atoms with Crippen molar-refractivity contribution < 1.29 is 0 Å².